The lowest BCUT2D eigenvalue weighted by atomic mass is 10.3. The highest BCUT2D eigenvalue weighted by Crippen LogP contribution is 1.82. The molecule has 0 aliphatic heterocycles. The zero-order valence-electron chi connectivity index (χ0n) is 6.63. The molecule has 0 saturated heterocycles. The minimum atomic E-state index is -1.04. The third-order valence-electron chi connectivity index (χ3n) is 1.18. The smallest absolute Gasteiger partial charge is 0.325 e. The molecule has 0 aromatic carbocycles. The number of nitrogens with one attached hydrogen (secondary N) is 1. The van der Waals surface area contributed by atoms with Gasteiger partial charge in [-0.2, -0.15) is 0 Å². The number of carbonyl (C=O) groups is 2. The molecule has 11 heavy (non-hydrogen) atoms. The molecule has 5 heteroatoms. The number of carboxylic acid groups (broad SMARTS) is 1. The molecule has 2 atom stereocenters. The summed E-state index contributed by atoms with van der Waals surface area (Å²) in [5, 5.41) is 10.7. The van der Waals surface area contributed by atoms with E-state index < -0.39 is 18.1 Å². The van der Waals surface area contributed by atoms with Gasteiger partial charge in [-0.1, -0.05) is 0 Å². The van der Waals surface area contributed by atoms with E-state index in [0.29, 0.717) is 0 Å². The van der Waals surface area contributed by atoms with Crippen LogP contribution in [0.4, 0.5) is 0 Å². The van der Waals surface area contributed by atoms with Crippen molar-refractivity contribution in [1.29, 1.82) is 0 Å². The van der Waals surface area contributed by atoms with E-state index >= 15 is 0 Å². The molecule has 0 unspecified atom stereocenters. The summed E-state index contributed by atoms with van der Waals surface area (Å²) < 4.78 is 0. The Bertz CT molecular complexity index is 167. The first-order valence-electron chi connectivity index (χ1n) is 3.31. The number of aliphatic carboxylic acids is 1. The predicted octanol–water partition coefficient (Wildman–Crippen LogP) is -1.79. The first-order valence-corrected chi connectivity index (χ1v) is 3.31. The molecule has 0 bridgehead atoms. The lowest BCUT2D eigenvalue weighted by Gasteiger charge is -2.08. The summed E-state index contributed by atoms with van der Waals surface area (Å²) in [6.45, 7) is 3.01. The highest BCUT2D eigenvalue weighted by Gasteiger charge is 2.17. The number of quaternary nitrogens is 1. The zero-order chi connectivity index (χ0) is 9.02. The van der Waals surface area contributed by atoms with Gasteiger partial charge >= 0.3 is 5.97 Å². The SMILES string of the molecule is C[C@H]([NH3+])C(=O)N[C@@H](C)C(=O)O. The Morgan fingerprint density at radius 3 is 2.18 bits per heavy atom. The van der Waals surface area contributed by atoms with E-state index in [0.717, 1.165) is 0 Å². The average Bonchev–Trinajstić information content (AvgIpc) is 1.87. The quantitative estimate of drug-likeness (QED) is 0.456. The number of hydrogen-bond acceptors (Lipinski definition) is 2. The van der Waals surface area contributed by atoms with Crippen molar-refractivity contribution >= 4 is 11.9 Å². The van der Waals surface area contributed by atoms with Gasteiger partial charge < -0.3 is 16.2 Å². The fourth-order valence-corrected chi connectivity index (χ4v) is 0.417. The van der Waals surface area contributed by atoms with E-state index in [-0.39, 0.29) is 5.91 Å². The predicted molar refractivity (Wildman–Crippen MR) is 37.6 cm³/mol. The number of carbonyl (C=O) groups excluding carboxylic acids is 1. The molecule has 0 aliphatic carbocycles. The number of amides is 1. The molecule has 0 aromatic heterocycles. The fourth-order valence-electron chi connectivity index (χ4n) is 0.417. The minimum absolute atomic E-state index is 0.347. The molecule has 0 radical (unpaired) electrons. The van der Waals surface area contributed by atoms with Crippen molar-refractivity contribution in [3.63, 3.8) is 0 Å². The van der Waals surface area contributed by atoms with Gasteiger partial charge in [0.05, 0.1) is 0 Å². The third kappa shape index (κ3) is 3.57. The standard InChI is InChI=1S/C6H12N2O3/c1-3(7)5(9)8-4(2)6(10)11/h3-4H,7H2,1-2H3,(H,8,9)(H,10,11)/p+1/t3-,4-/m0/s1. The Kier molecular flexibility index (Phi) is 3.53. The Hall–Kier alpha value is -1.10. The Labute approximate surface area is 64.6 Å². The summed E-state index contributed by atoms with van der Waals surface area (Å²) in [5.41, 5.74) is 3.45. The maximum Gasteiger partial charge on any atom is 0.325 e. The molecule has 1 amide bonds. The summed E-state index contributed by atoms with van der Waals surface area (Å²) in [6.07, 6.45) is 0. The number of carboxylic acids is 1. The molecule has 0 rings (SSSR count). The second-order valence-electron chi connectivity index (χ2n) is 2.47. The first-order chi connectivity index (χ1) is 4.95. The number of hydrogen-bond donors (Lipinski definition) is 3. The normalized spacial score (nSPS) is 15.2. The summed E-state index contributed by atoms with van der Waals surface area (Å²) in [7, 11) is 0. The molecule has 0 heterocycles. The van der Waals surface area contributed by atoms with Crippen molar-refractivity contribution in [3.8, 4) is 0 Å². The van der Waals surface area contributed by atoms with Crippen molar-refractivity contribution in [2.75, 3.05) is 0 Å². The maximum absolute atomic E-state index is 10.8. The lowest BCUT2D eigenvalue weighted by molar-refractivity contribution is -0.398. The van der Waals surface area contributed by atoms with Gasteiger partial charge in [-0.15, -0.1) is 0 Å². The molecule has 64 valence electrons. The highest BCUT2D eigenvalue weighted by molar-refractivity contribution is 5.85. The average molecular weight is 161 g/mol. The van der Waals surface area contributed by atoms with Gasteiger partial charge in [0.15, 0.2) is 6.04 Å². The summed E-state index contributed by atoms with van der Waals surface area (Å²) in [4.78, 5) is 21.0. The van der Waals surface area contributed by atoms with Crippen LogP contribution < -0.4 is 11.1 Å². The van der Waals surface area contributed by atoms with Crippen molar-refractivity contribution < 1.29 is 20.4 Å². The zero-order valence-corrected chi connectivity index (χ0v) is 6.63. The van der Waals surface area contributed by atoms with E-state index in [1.165, 1.54) is 6.92 Å². The van der Waals surface area contributed by atoms with Crippen LogP contribution in [0.3, 0.4) is 0 Å². The van der Waals surface area contributed by atoms with Crippen molar-refractivity contribution in [1.82, 2.24) is 5.32 Å². The van der Waals surface area contributed by atoms with Gasteiger partial charge in [0, 0.05) is 0 Å². The fraction of sp³-hybridized carbons (Fsp3) is 0.667. The van der Waals surface area contributed by atoms with Gasteiger partial charge in [-0.25, -0.2) is 0 Å². The van der Waals surface area contributed by atoms with Crippen LogP contribution in [-0.4, -0.2) is 29.1 Å². The maximum atomic E-state index is 10.8. The van der Waals surface area contributed by atoms with E-state index in [2.05, 4.69) is 11.1 Å². The molecular weight excluding hydrogens is 148 g/mol. The van der Waals surface area contributed by atoms with Crippen LogP contribution in [0.1, 0.15) is 13.8 Å². The van der Waals surface area contributed by atoms with Crippen molar-refractivity contribution in [2.24, 2.45) is 0 Å². The molecule has 0 fully saturated rings. The molecule has 0 aliphatic rings. The Morgan fingerprint density at radius 2 is 1.91 bits per heavy atom. The Morgan fingerprint density at radius 1 is 1.45 bits per heavy atom. The first kappa shape index (κ1) is 9.90. The van der Waals surface area contributed by atoms with E-state index in [4.69, 9.17) is 5.11 Å². The molecule has 0 spiro atoms. The second kappa shape index (κ2) is 3.92. The van der Waals surface area contributed by atoms with Crippen LogP contribution in [0, 0.1) is 0 Å². The molecule has 5 N–H and O–H groups in total. The van der Waals surface area contributed by atoms with E-state index in [9.17, 15) is 9.59 Å². The van der Waals surface area contributed by atoms with Crippen LogP contribution in [0.5, 0.6) is 0 Å². The second-order valence-corrected chi connectivity index (χ2v) is 2.47. The summed E-state index contributed by atoms with van der Waals surface area (Å²) >= 11 is 0. The van der Waals surface area contributed by atoms with Crippen LogP contribution in [-0.2, 0) is 9.59 Å². The summed E-state index contributed by atoms with van der Waals surface area (Å²) in [6, 6.07) is -1.26. The van der Waals surface area contributed by atoms with Crippen molar-refractivity contribution in [2.45, 2.75) is 25.9 Å². The molecular formula is C6H13N2O3+. The monoisotopic (exact) mass is 161 g/mol. The molecule has 0 aromatic rings. The van der Waals surface area contributed by atoms with Crippen molar-refractivity contribution in [3.05, 3.63) is 0 Å². The van der Waals surface area contributed by atoms with Crippen LogP contribution in [0.15, 0.2) is 0 Å². The third-order valence-corrected chi connectivity index (χ3v) is 1.18. The van der Waals surface area contributed by atoms with Crippen LogP contribution >= 0.6 is 0 Å². The van der Waals surface area contributed by atoms with Gasteiger partial charge in [-0.05, 0) is 13.8 Å². The molecule has 5 nitrogen and oxygen atoms in total. The van der Waals surface area contributed by atoms with Crippen LogP contribution in [0.2, 0.25) is 0 Å². The molecule has 0 saturated carbocycles. The van der Waals surface area contributed by atoms with Gasteiger partial charge in [-0.3, -0.25) is 9.59 Å². The number of rotatable bonds is 3. The largest absolute Gasteiger partial charge is 0.480 e. The van der Waals surface area contributed by atoms with E-state index in [1.54, 1.807) is 6.92 Å². The summed E-state index contributed by atoms with van der Waals surface area (Å²) in [5.74, 6) is -1.39. The highest BCUT2D eigenvalue weighted by atomic mass is 16.4. The van der Waals surface area contributed by atoms with Gasteiger partial charge in [0.25, 0.3) is 5.91 Å². The minimum Gasteiger partial charge on any atom is -0.480 e. The van der Waals surface area contributed by atoms with Gasteiger partial charge in [0.2, 0.25) is 0 Å². The van der Waals surface area contributed by atoms with Gasteiger partial charge in [0.1, 0.15) is 6.04 Å². The van der Waals surface area contributed by atoms with E-state index in [1.807, 2.05) is 0 Å². The lowest BCUT2D eigenvalue weighted by Crippen LogP contribution is -2.66. The van der Waals surface area contributed by atoms with Crippen LogP contribution in [0.25, 0.3) is 0 Å². The topological polar surface area (TPSA) is 94.0 Å². The Balaban J connectivity index is 3.85.